The summed E-state index contributed by atoms with van der Waals surface area (Å²) in [5.41, 5.74) is 0. The van der Waals surface area contributed by atoms with E-state index in [0.717, 1.165) is 19.3 Å². The predicted molar refractivity (Wildman–Crippen MR) is 44.5 cm³/mol. The lowest BCUT2D eigenvalue weighted by atomic mass is 10.8. The Balaban J connectivity index is 4.76. The van der Waals surface area contributed by atoms with E-state index < -0.39 is 25.4 Å². The molecule has 1 unspecified atom stereocenters. The SMILES string of the molecule is CC(NS(=O)(=O)N=C=O)S(C)(=O)=O. The molecule has 0 aliphatic carbocycles. The maximum Gasteiger partial charge on any atom is 0.331 e. The monoisotopic (exact) mass is 228 g/mol. The van der Waals surface area contributed by atoms with Gasteiger partial charge in [0.25, 0.3) is 6.08 Å². The molecule has 0 rings (SSSR count). The maximum absolute atomic E-state index is 10.7. The van der Waals surface area contributed by atoms with Crippen molar-refractivity contribution < 1.29 is 21.6 Å². The number of hydrogen-bond acceptors (Lipinski definition) is 5. The number of nitrogens with one attached hydrogen (secondary N) is 1. The van der Waals surface area contributed by atoms with Gasteiger partial charge in [-0.2, -0.15) is 13.1 Å². The summed E-state index contributed by atoms with van der Waals surface area (Å²) in [6, 6.07) is 0. The molecule has 0 fully saturated rings. The third-order valence-electron chi connectivity index (χ3n) is 1.11. The number of nitrogens with zero attached hydrogens (tertiary/aromatic N) is 1. The molecule has 0 radical (unpaired) electrons. The average Bonchev–Trinajstić information content (AvgIpc) is 1.83. The Labute approximate surface area is 76.0 Å². The molecule has 76 valence electrons. The molecule has 0 spiro atoms. The second-order valence-electron chi connectivity index (χ2n) is 2.25. The molecule has 0 bridgehead atoms. The van der Waals surface area contributed by atoms with Crippen LogP contribution in [0.4, 0.5) is 0 Å². The summed E-state index contributed by atoms with van der Waals surface area (Å²) in [4.78, 5) is 9.59. The predicted octanol–water partition coefficient (Wildman–Crippen LogP) is -1.45. The molecule has 0 amide bonds. The van der Waals surface area contributed by atoms with E-state index in [1.54, 1.807) is 4.72 Å². The van der Waals surface area contributed by atoms with Gasteiger partial charge in [-0.05, 0) is 6.92 Å². The largest absolute Gasteiger partial charge is 0.331 e. The molecule has 0 aliphatic rings. The fourth-order valence-electron chi connectivity index (χ4n) is 0.373. The summed E-state index contributed by atoms with van der Waals surface area (Å²) in [7, 11) is -7.78. The van der Waals surface area contributed by atoms with Gasteiger partial charge in [-0.1, -0.05) is 4.40 Å². The molecule has 1 atom stereocenters. The lowest BCUT2D eigenvalue weighted by molar-refractivity contribution is 0.556. The minimum Gasteiger partial charge on any atom is -0.227 e. The Kier molecular flexibility index (Phi) is 3.73. The van der Waals surface area contributed by atoms with E-state index in [2.05, 4.69) is 4.40 Å². The Bertz CT molecular complexity index is 415. The van der Waals surface area contributed by atoms with Crippen molar-refractivity contribution in [2.24, 2.45) is 4.40 Å². The molecule has 0 saturated heterocycles. The van der Waals surface area contributed by atoms with Gasteiger partial charge < -0.3 is 0 Å². The third-order valence-corrected chi connectivity index (χ3v) is 3.63. The van der Waals surface area contributed by atoms with Gasteiger partial charge in [-0.15, -0.1) is 0 Å². The molecule has 0 aromatic carbocycles. The Morgan fingerprint density at radius 2 is 1.77 bits per heavy atom. The van der Waals surface area contributed by atoms with Gasteiger partial charge in [0.15, 0.2) is 9.84 Å². The minimum absolute atomic E-state index is 0.794. The van der Waals surface area contributed by atoms with E-state index in [1.807, 2.05) is 0 Å². The first-order valence-electron chi connectivity index (χ1n) is 2.99. The minimum atomic E-state index is -4.24. The van der Waals surface area contributed by atoms with Crippen LogP contribution in [0.2, 0.25) is 0 Å². The summed E-state index contributed by atoms with van der Waals surface area (Å²) in [5, 5.41) is -1.32. The first-order chi connectivity index (χ1) is 5.69. The van der Waals surface area contributed by atoms with E-state index in [1.165, 1.54) is 0 Å². The Morgan fingerprint density at radius 1 is 1.31 bits per heavy atom. The molecular formula is C4H8N2O5S2. The molecule has 0 aromatic rings. The lowest BCUT2D eigenvalue weighted by Gasteiger charge is -2.07. The van der Waals surface area contributed by atoms with Crippen LogP contribution in [-0.4, -0.2) is 34.5 Å². The summed E-state index contributed by atoms with van der Waals surface area (Å²) in [6.45, 7) is 1.12. The molecule has 13 heavy (non-hydrogen) atoms. The molecule has 0 aromatic heterocycles. The van der Waals surface area contributed by atoms with E-state index in [4.69, 9.17) is 0 Å². The van der Waals surface area contributed by atoms with Crippen molar-refractivity contribution in [1.82, 2.24) is 4.72 Å². The van der Waals surface area contributed by atoms with Gasteiger partial charge in [0.1, 0.15) is 5.37 Å². The highest BCUT2D eigenvalue weighted by atomic mass is 32.2. The number of carbonyl (C=O) groups excluding carboxylic acids is 1. The van der Waals surface area contributed by atoms with E-state index in [0.29, 0.717) is 0 Å². The fraction of sp³-hybridized carbons (Fsp3) is 0.750. The van der Waals surface area contributed by atoms with E-state index in [9.17, 15) is 21.6 Å². The van der Waals surface area contributed by atoms with Gasteiger partial charge in [0.2, 0.25) is 0 Å². The van der Waals surface area contributed by atoms with Crippen molar-refractivity contribution in [3.8, 4) is 0 Å². The van der Waals surface area contributed by atoms with E-state index in [-0.39, 0.29) is 0 Å². The van der Waals surface area contributed by atoms with Crippen LogP contribution in [0, 0.1) is 0 Å². The quantitative estimate of drug-likeness (QED) is 0.467. The van der Waals surface area contributed by atoms with Gasteiger partial charge >= 0.3 is 10.2 Å². The molecule has 0 heterocycles. The molecule has 7 nitrogen and oxygen atoms in total. The molecule has 0 saturated carbocycles. The van der Waals surface area contributed by atoms with Crippen LogP contribution in [-0.2, 0) is 24.8 Å². The van der Waals surface area contributed by atoms with Crippen molar-refractivity contribution in [2.45, 2.75) is 12.3 Å². The fourth-order valence-corrected chi connectivity index (χ4v) is 2.01. The number of isocyanates is 1. The zero-order valence-corrected chi connectivity index (χ0v) is 8.52. The second kappa shape index (κ2) is 3.97. The highest BCUT2D eigenvalue weighted by Crippen LogP contribution is 1.96. The van der Waals surface area contributed by atoms with Crippen molar-refractivity contribution in [3.05, 3.63) is 0 Å². The molecule has 1 N–H and O–H groups in total. The van der Waals surface area contributed by atoms with E-state index >= 15 is 0 Å². The lowest BCUT2D eigenvalue weighted by Crippen LogP contribution is -2.36. The van der Waals surface area contributed by atoms with Crippen LogP contribution in [0.3, 0.4) is 0 Å². The van der Waals surface area contributed by atoms with Gasteiger partial charge in [0.05, 0.1) is 0 Å². The average molecular weight is 228 g/mol. The Morgan fingerprint density at radius 3 is 2.08 bits per heavy atom. The highest BCUT2D eigenvalue weighted by Gasteiger charge is 2.20. The topological polar surface area (TPSA) is 110 Å². The Hall–Kier alpha value is -0.760. The molecule has 9 heteroatoms. The summed E-state index contributed by atoms with van der Waals surface area (Å²) >= 11 is 0. The van der Waals surface area contributed by atoms with Crippen LogP contribution < -0.4 is 4.72 Å². The number of hydrogen-bond donors (Lipinski definition) is 1. The number of rotatable bonds is 4. The first-order valence-corrected chi connectivity index (χ1v) is 6.39. The van der Waals surface area contributed by atoms with Crippen LogP contribution in [0.25, 0.3) is 0 Å². The number of sulfone groups is 1. The zero-order chi connectivity index (χ0) is 10.7. The van der Waals surface area contributed by atoms with Gasteiger partial charge in [-0.25, -0.2) is 13.2 Å². The van der Waals surface area contributed by atoms with Gasteiger partial charge in [0, 0.05) is 6.26 Å². The normalized spacial score (nSPS) is 14.6. The van der Waals surface area contributed by atoms with Crippen molar-refractivity contribution in [1.29, 1.82) is 0 Å². The summed E-state index contributed by atoms with van der Waals surface area (Å²) in [6.07, 6.45) is 1.65. The van der Waals surface area contributed by atoms with Crippen molar-refractivity contribution in [2.75, 3.05) is 6.26 Å². The van der Waals surface area contributed by atoms with Gasteiger partial charge in [-0.3, -0.25) is 0 Å². The second-order valence-corrected chi connectivity index (χ2v) is 5.98. The molecular weight excluding hydrogens is 220 g/mol. The van der Waals surface area contributed by atoms with Crippen LogP contribution in [0.15, 0.2) is 4.40 Å². The smallest absolute Gasteiger partial charge is 0.227 e. The highest BCUT2D eigenvalue weighted by molar-refractivity contribution is 7.93. The standard InChI is InChI=1S/C4H8N2O5S2/c1-4(12(2,8)9)6-13(10,11)5-3-7/h4,6H,1-2H3. The van der Waals surface area contributed by atoms with Crippen molar-refractivity contribution in [3.63, 3.8) is 0 Å². The molecule has 0 aliphatic heterocycles. The third kappa shape index (κ3) is 4.73. The first kappa shape index (κ1) is 12.2. The summed E-state index contributed by atoms with van der Waals surface area (Å²) in [5.74, 6) is 0. The zero-order valence-electron chi connectivity index (χ0n) is 6.88. The van der Waals surface area contributed by atoms with Crippen molar-refractivity contribution >= 4 is 26.1 Å². The summed E-state index contributed by atoms with van der Waals surface area (Å²) < 4.78 is 46.9. The van der Waals surface area contributed by atoms with Crippen LogP contribution in [0.5, 0.6) is 0 Å². The maximum atomic E-state index is 10.7. The van der Waals surface area contributed by atoms with Crippen LogP contribution in [0.1, 0.15) is 6.92 Å². The van der Waals surface area contributed by atoms with Crippen LogP contribution >= 0.6 is 0 Å².